The second-order valence-corrected chi connectivity index (χ2v) is 6.53. The number of fused-ring (bicyclic) bond motifs is 1. The van der Waals surface area contributed by atoms with E-state index >= 15 is 0 Å². The number of alkyl halides is 2. The first-order valence-corrected chi connectivity index (χ1v) is 8.79. The fourth-order valence-corrected chi connectivity index (χ4v) is 2.48. The van der Waals surface area contributed by atoms with Crippen LogP contribution in [-0.2, 0) is 17.9 Å². The van der Waals surface area contributed by atoms with Gasteiger partial charge in [0, 0.05) is 24.7 Å². The number of hydrogen-bond acceptors (Lipinski definition) is 7. The van der Waals surface area contributed by atoms with Crippen molar-refractivity contribution in [3.63, 3.8) is 0 Å². The number of hydrogen-bond donors (Lipinski definition) is 2. The molecule has 12 heteroatoms. The molecule has 29 heavy (non-hydrogen) atoms. The van der Waals surface area contributed by atoms with E-state index in [1.165, 1.54) is 6.92 Å². The smallest absolute Gasteiger partial charge is 0.275 e. The number of imidazole rings is 1. The Kier molecular flexibility index (Phi) is 6.10. The van der Waals surface area contributed by atoms with Gasteiger partial charge in [-0.25, -0.2) is 23.4 Å². The van der Waals surface area contributed by atoms with Crippen LogP contribution in [0.4, 0.5) is 8.78 Å². The molecule has 1 unspecified atom stereocenters. The SMILES string of the molecule is Cc1nonc1C(=O)NCc1cn2ccc(CNC(=O)CC(C)C(F)F)nc2n1. The summed E-state index contributed by atoms with van der Waals surface area (Å²) in [5, 5.41) is 12.3. The number of aromatic nitrogens is 5. The summed E-state index contributed by atoms with van der Waals surface area (Å²) in [6.07, 6.45) is 0.607. The maximum atomic E-state index is 12.5. The van der Waals surface area contributed by atoms with Crippen molar-refractivity contribution >= 4 is 17.6 Å². The van der Waals surface area contributed by atoms with Crippen LogP contribution < -0.4 is 10.6 Å². The highest BCUT2D eigenvalue weighted by atomic mass is 19.3. The van der Waals surface area contributed by atoms with Crippen LogP contribution in [0.5, 0.6) is 0 Å². The van der Waals surface area contributed by atoms with Crippen molar-refractivity contribution in [1.29, 1.82) is 0 Å². The molecule has 3 rings (SSSR count). The van der Waals surface area contributed by atoms with Crippen LogP contribution in [-0.4, -0.2) is 42.9 Å². The van der Waals surface area contributed by atoms with Gasteiger partial charge in [-0.05, 0) is 18.1 Å². The molecule has 3 heterocycles. The molecule has 0 saturated heterocycles. The van der Waals surface area contributed by atoms with Gasteiger partial charge in [0.25, 0.3) is 5.91 Å². The lowest BCUT2D eigenvalue weighted by Gasteiger charge is -2.10. The van der Waals surface area contributed by atoms with Gasteiger partial charge in [0.2, 0.25) is 18.1 Å². The van der Waals surface area contributed by atoms with E-state index in [4.69, 9.17) is 0 Å². The standard InChI is InChI=1S/C17H19F2N7O3/c1-9(15(18)19)5-13(27)20-6-11-3-4-26-8-12(23-17(26)22-11)7-21-16(28)14-10(2)24-29-25-14/h3-4,8-9,15H,5-7H2,1-2H3,(H,20,27)(H,21,28). The van der Waals surface area contributed by atoms with Gasteiger partial charge in [-0.15, -0.1) is 0 Å². The quantitative estimate of drug-likeness (QED) is 0.575. The molecule has 1 atom stereocenters. The lowest BCUT2D eigenvalue weighted by atomic mass is 10.1. The molecule has 2 amide bonds. The summed E-state index contributed by atoms with van der Waals surface area (Å²) < 4.78 is 31.2. The molecule has 0 aliphatic rings. The average molecular weight is 407 g/mol. The van der Waals surface area contributed by atoms with Crippen molar-refractivity contribution in [2.45, 2.75) is 39.8 Å². The van der Waals surface area contributed by atoms with Crippen LogP contribution >= 0.6 is 0 Å². The molecule has 2 N–H and O–H groups in total. The van der Waals surface area contributed by atoms with E-state index in [0.29, 0.717) is 22.9 Å². The molecule has 0 radical (unpaired) electrons. The van der Waals surface area contributed by atoms with E-state index in [0.717, 1.165) is 0 Å². The highest BCUT2D eigenvalue weighted by Gasteiger charge is 2.18. The van der Waals surface area contributed by atoms with Crippen LogP contribution in [0.15, 0.2) is 23.1 Å². The number of carbonyl (C=O) groups is 2. The van der Waals surface area contributed by atoms with Crippen molar-refractivity contribution in [3.05, 3.63) is 41.2 Å². The molecule has 0 spiro atoms. The summed E-state index contributed by atoms with van der Waals surface area (Å²) in [7, 11) is 0. The van der Waals surface area contributed by atoms with E-state index in [9.17, 15) is 18.4 Å². The van der Waals surface area contributed by atoms with Gasteiger partial charge >= 0.3 is 0 Å². The van der Waals surface area contributed by atoms with Crippen LogP contribution in [0, 0.1) is 12.8 Å². The molecule has 3 aromatic heterocycles. The Hall–Kier alpha value is -3.44. The predicted octanol–water partition coefficient (Wildman–Crippen LogP) is 1.26. The van der Waals surface area contributed by atoms with Crippen molar-refractivity contribution < 1.29 is 23.0 Å². The second kappa shape index (κ2) is 8.71. The minimum Gasteiger partial charge on any atom is -0.350 e. The summed E-state index contributed by atoms with van der Waals surface area (Å²) in [6.45, 7) is 3.17. The number of rotatable bonds is 8. The molecule has 0 aliphatic carbocycles. The fourth-order valence-electron chi connectivity index (χ4n) is 2.48. The predicted molar refractivity (Wildman–Crippen MR) is 94.8 cm³/mol. The van der Waals surface area contributed by atoms with Gasteiger partial charge in [-0.1, -0.05) is 12.1 Å². The third kappa shape index (κ3) is 5.09. The summed E-state index contributed by atoms with van der Waals surface area (Å²) >= 11 is 0. The van der Waals surface area contributed by atoms with Crippen LogP contribution in [0.1, 0.15) is 40.9 Å². The molecule has 0 bridgehead atoms. The lowest BCUT2D eigenvalue weighted by Crippen LogP contribution is -2.26. The number of halogens is 2. The first-order chi connectivity index (χ1) is 13.8. The van der Waals surface area contributed by atoms with Crippen molar-refractivity contribution in [3.8, 4) is 0 Å². The third-order valence-electron chi connectivity index (χ3n) is 4.14. The van der Waals surface area contributed by atoms with Crippen molar-refractivity contribution in [2.75, 3.05) is 0 Å². The van der Waals surface area contributed by atoms with Gasteiger partial charge in [-0.2, -0.15) is 0 Å². The number of aryl methyl sites for hydroxylation is 1. The van der Waals surface area contributed by atoms with Gasteiger partial charge in [0.15, 0.2) is 5.69 Å². The average Bonchev–Trinajstić information content (AvgIpc) is 3.29. The normalized spacial score (nSPS) is 12.3. The molecule has 3 aromatic rings. The Morgan fingerprint density at radius 3 is 2.59 bits per heavy atom. The first-order valence-electron chi connectivity index (χ1n) is 8.79. The molecular formula is C17H19F2N7O3. The maximum absolute atomic E-state index is 12.5. The Morgan fingerprint density at radius 1 is 1.17 bits per heavy atom. The largest absolute Gasteiger partial charge is 0.350 e. The van der Waals surface area contributed by atoms with E-state index in [1.54, 1.807) is 29.8 Å². The van der Waals surface area contributed by atoms with E-state index in [-0.39, 0.29) is 25.2 Å². The van der Waals surface area contributed by atoms with Gasteiger partial charge in [0.1, 0.15) is 5.69 Å². The lowest BCUT2D eigenvalue weighted by molar-refractivity contribution is -0.123. The number of carbonyl (C=O) groups excluding carboxylic acids is 2. The zero-order valence-corrected chi connectivity index (χ0v) is 15.7. The molecule has 0 aliphatic heterocycles. The Morgan fingerprint density at radius 2 is 1.90 bits per heavy atom. The Balaban J connectivity index is 1.57. The third-order valence-corrected chi connectivity index (χ3v) is 4.14. The van der Waals surface area contributed by atoms with Crippen molar-refractivity contribution in [2.24, 2.45) is 5.92 Å². The molecule has 154 valence electrons. The maximum Gasteiger partial charge on any atom is 0.275 e. The molecule has 0 saturated carbocycles. The molecular weight excluding hydrogens is 388 g/mol. The van der Waals surface area contributed by atoms with E-state index in [2.05, 4.69) is 35.5 Å². The monoisotopic (exact) mass is 407 g/mol. The minimum absolute atomic E-state index is 0.0999. The number of amides is 2. The van der Waals surface area contributed by atoms with Gasteiger partial charge in [-0.3, -0.25) is 14.0 Å². The Bertz CT molecular complexity index is 1020. The number of nitrogens with one attached hydrogen (secondary N) is 2. The number of nitrogens with zero attached hydrogens (tertiary/aromatic N) is 5. The summed E-state index contributed by atoms with van der Waals surface area (Å²) in [4.78, 5) is 32.4. The van der Waals surface area contributed by atoms with Crippen LogP contribution in [0.3, 0.4) is 0 Å². The minimum atomic E-state index is -2.54. The van der Waals surface area contributed by atoms with Crippen LogP contribution in [0.2, 0.25) is 0 Å². The van der Waals surface area contributed by atoms with Crippen LogP contribution in [0.25, 0.3) is 5.78 Å². The highest BCUT2D eigenvalue weighted by Crippen LogP contribution is 2.12. The molecule has 0 fully saturated rings. The van der Waals surface area contributed by atoms with Crippen molar-refractivity contribution in [1.82, 2.24) is 35.3 Å². The summed E-state index contributed by atoms with van der Waals surface area (Å²) in [6, 6.07) is 1.68. The van der Waals surface area contributed by atoms with Gasteiger partial charge < -0.3 is 10.6 Å². The highest BCUT2D eigenvalue weighted by molar-refractivity contribution is 5.92. The fraction of sp³-hybridized carbons (Fsp3) is 0.412. The van der Waals surface area contributed by atoms with E-state index in [1.807, 2.05) is 0 Å². The summed E-state index contributed by atoms with van der Waals surface area (Å²) in [5.41, 5.74) is 1.58. The summed E-state index contributed by atoms with van der Waals surface area (Å²) in [5.74, 6) is -1.53. The zero-order valence-electron chi connectivity index (χ0n) is 15.7. The zero-order chi connectivity index (χ0) is 21.0. The van der Waals surface area contributed by atoms with Gasteiger partial charge in [0.05, 0.1) is 24.5 Å². The Labute approximate surface area is 163 Å². The topological polar surface area (TPSA) is 127 Å². The molecule has 10 nitrogen and oxygen atoms in total. The second-order valence-electron chi connectivity index (χ2n) is 6.53. The van der Waals surface area contributed by atoms with E-state index < -0.39 is 24.2 Å². The first kappa shape index (κ1) is 20.3. The molecule has 0 aromatic carbocycles.